The molecule has 3 heterocycles. The quantitative estimate of drug-likeness (QED) is 0.173. The second kappa shape index (κ2) is 12.6. The summed E-state index contributed by atoms with van der Waals surface area (Å²) in [6.45, 7) is 0. The number of benzene rings is 6. The summed E-state index contributed by atoms with van der Waals surface area (Å²) in [6, 6.07) is 27.2. The monoisotopic (exact) mass is 685 g/mol. The molecule has 0 atom stereocenters. The molecule has 0 unspecified atom stereocenters. The number of hydrogen-bond donors (Lipinski definition) is 0. The molecular weight excluding hydrogens is 651 g/mol. The first-order chi connectivity index (χ1) is 26.0. The van der Waals surface area contributed by atoms with E-state index in [1.54, 1.807) is 0 Å². The van der Waals surface area contributed by atoms with Crippen molar-refractivity contribution in [2.45, 2.75) is 0 Å². The minimum atomic E-state index is 0.588. The molecule has 54 heavy (non-hydrogen) atoms. The van der Waals surface area contributed by atoms with Crippen LogP contribution in [0.5, 0.6) is 0 Å². The molecule has 0 fully saturated rings. The fourth-order valence-electron chi connectivity index (χ4n) is 8.60. The predicted octanol–water partition coefficient (Wildman–Crippen LogP) is -7.08. The lowest BCUT2D eigenvalue weighted by Gasteiger charge is -2.22. The lowest BCUT2D eigenvalue weighted by atomic mass is 9.60. The highest BCUT2D eigenvalue weighted by Crippen LogP contribution is 2.43. The van der Waals surface area contributed by atoms with Crippen molar-refractivity contribution in [2.24, 2.45) is 0 Å². The van der Waals surface area contributed by atoms with Gasteiger partial charge in [-0.15, -0.1) is 32.8 Å². The molecule has 0 aliphatic heterocycles. The predicted molar refractivity (Wildman–Crippen MR) is 258 cm³/mol. The van der Waals surface area contributed by atoms with Gasteiger partial charge in [0, 0.05) is 38.2 Å². The number of nitrogens with zero attached hydrogens (tertiary/aromatic N) is 3. The van der Waals surface area contributed by atoms with E-state index in [2.05, 4.69) is 139 Å². The van der Waals surface area contributed by atoms with Crippen molar-refractivity contribution in [2.75, 3.05) is 0 Å². The molecule has 0 aliphatic carbocycles. The topological polar surface area (TPSA) is 65.0 Å². The smallest absolute Gasteiger partial charge is 0.167 e. The molecule has 9 rings (SSSR count). The van der Waals surface area contributed by atoms with E-state index in [-0.39, 0.29) is 0 Å². The van der Waals surface area contributed by atoms with Gasteiger partial charge in [-0.25, -0.2) is 15.0 Å². The van der Waals surface area contributed by atoms with Gasteiger partial charge in [0.1, 0.15) is 101 Å². The van der Waals surface area contributed by atoms with Crippen LogP contribution in [0.15, 0.2) is 87.7 Å². The Morgan fingerprint density at radius 3 is 1.35 bits per heavy atom. The van der Waals surface area contributed by atoms with E-state index in [0.717, 1.165) is 71.7 Å². The van der Waals surface area contributed by atoms with Crippen LogP contribution in [0.2, 0.25) is 0 Å². The van der Waals surface area contributed by atoms with Gasteiger partial charge in [-0.1, -0.05) is 82.5 Å². The van der Waals surface area contributed by atoms with Gasteiger partial charge in [-0.2, -0.15) is 0 Å². The minimum Gasteiger partial charge on any atom is -0.455 e. The summed E-state index contributed by atoms with van der Waals surface area (Å²) in [7, 11) is 21.9. The van der Waals surface area contributed by atoms with Gasteiger partial charge in [-0.3, -0.25) is 0 Å². The molecule has 0 aliphatic rings. The van der Waals surface area contributed by atoms with E-state index in [1.807, 2.05) is 18.2 Å². The first-order valence-corrected chi connectivity index (χ1v) is 18.7. The lowest BCUT2D eigenvalue weighted by molar-refractivity contribution is 0.669. The molecule has 0 saturated carbocycles. The molecule has 0 amide bonds. The van der Waals surface area contributed by atoms with E-state index < -0.39 is 0 Å². The molecule has 0 radical (unpaired) electrons. The zero-order valence-electron chi connectivity index (χ0n) is 32.7. The maximum atomic E-state index is 6.83. The molecular formula is C39H33B10N3O2. The number of rotatable bonds is 4. The van der Waals surface area contributed by atoms with Crippen molar-refractivity contribution in [3.05, 3.63) is 78.9 Å². The summed E-state index contributed by atoms with van der Waals surface area (Å²) in [5.41, 5.74) is 20.7. The molecule has 3 aromatic heterocycles. The third-order valence-corrected chi connectivity index (χ3v) is 12.5. The second-order valence-electron chi connectivity index (χ2n) is 15.0. The van der Waals surface area contributed by atoms with Crippen LogP contribution in [-0.4, -0.2) is 93.4 Å². The Labute approximate surface area is 323 Å². The summed E-state index contributed by atoms with van der Waals surface area (Å²) in [5, 5.41) is 4.23. The molecule has 0 N–H and O–H groups in total. The van der Waals surface area contributed by atoms with Crippen molar-refractivity contribution in [1.29, 1.82) is 0 Å². The zero-order chi connectivity index (χ0) is 37.7. The van der Waals surface area contributed by atoms with Gasteiger partial charge in [0.25, 0.3) is 0 Å². The van der Waals surface area contributed by atoms with Gasteiger partial charge in [0.15, 0.2) is 17.5 Å². The Bertz CT molecular complexity index is 2940. The van der Waals surface area contributed by atoms with Crippen LogP contribution in [0.25, 0.3) is 89.2 Å². The Balaban J connectivity index is 1.34. The van der Waals surface area contributed by atoms with Crippen LogP contribution < -0.4 is 54.6 Å². The average molecular weight is 684 g/mol. The highest BCUT2D eigenvalue weighted by Gasteiger charge is 2.24. The summed E-state index contributed by atoms with van der Waals surface area (Å²) >= 11 is 0. The molecule has 6 aromatic carbocycles. The Morgan fingerprint density at radius 2 is 0.741 bits per heavy atom. The molecule has 15 heteroatoms. The van der Waals surface area contributed by atoms with E-state index in [0.29, 0.717) is 17.5 Å². The zero-order valence-corrected chi connectivity index (χ0v) is 32.7. The second-order valence-corrected chi connectivity index (χ2v) is 15.0. The number of fused-ring (bicyclic) bond motifs is 6. The summed E-state index contributed by atoms with van der Waals surface area (Å²) < 4.78 is 13.3. The number of furan rings is 2. The third-order valence-electron chi connectivity index (χ3n) is 12.5. The van der Waals surface area contributed by atoms with Gasteiger partial charge in [0.05, 0.1) is 5.56 Å². The number of aromatic nitrogens is 3. The molecule has 5 nitrogen and oxygen atoms in total. The normalized spacial score (nSPS) is 11.7. The molecule has 0 spiro atoms. The van der Waals surface area contributed by atoms with E-state index in [1.165, 1.54) is 54.6 Å². The maximum Gasteiger partial charge on any atom is 0.167 e. The van der Waals surface area contributed by atoms with Crippen molar-refractivity contribution in [3.8, 4) is 45.3 Å². The van der Waals surface area contributed by atoms with E-state index in [4.69, 9.17) is 23.8 Å². The van der Waals surface area contributed by atoms with Crippen LogP contribution in [0.4, 0.5) is 0 Å². The fourth-order valence-corrected chi connectivity index (χ4v) is 8.60. The number of para-hydroxylation sites is 3. The van der Waals surface area contributed by atoms with Crippen LogP contribution in [-0.2, 0) is 0 Å². The van der Waals surface area contributed by atoms with Gasteiger partial charge < -0.3 is 8.83 Å². The highest BCUT2D eigenvalue weighted by molar-refractivity contribution is 6.70. The van der Waals surface area contributed by atoms with Crippen LogP contribution in [0.3, 0.4) is 0 Å². The van der Waals surface area contributed by atoms with Crippen LogP contribution in [0.1, 0.15) is 0 Å². The summed E-state index contributed by atoms with van der Waals surface area (Å²) in [6.07, 6.45) is 0. The van der Waals surface area contributed by atoms with Gasteiger partial charge in [0.2, 0.25) is 0 Å². The van der Waals surface area contributed by atoms with Crippen LogP contribution >= 0.6 is 0 Å². The van der Waals surface area contributed by atoms with Crippen molar-refractivity contribution in [1.82, 2.24) is 15.0 Å². The molecule has 246 valence electrons. The van der Waals surface area contributed by atoms with Crippen molar-refractivity contribution in [3.63, 3.8) is 0 Å². The highest BCUT2D eigenvalue weighted by atomic mass is 16.3. The molecule has 9 aromatic rings. The first-order valence-electron chi connectivity index (χ1n) is 18.7. The standard InChI is InChI=1S/C39H33B10N3O2/c40-25-23(26(41)30(45)33(48)29(25)44)38-50-37(51-39(52-38)24-27(42)31(46)34(49)32(47)28(24)43)19-11-4-10-18-22-15(7-5-13-21(22)54-36(18)19)17-9-3-8-16-14-6-1-2-12-20(14)53-35(16)17/h1-13H,40-49H2. The Kier molecular flexibility index (Phi) is 8.00. The largest absolute Gasteiger partial charge is 0.455 e. The Morgan fingerprint density at radius 1 is 0.333 bits per heavy atom. The molecule has 0 saturated heterocycles. The minimum absolute atomic E-state index is 0.588. The van der Waals surface area contributed by atoms with Gasteiger partial charge in [-0.05, 0) is 23.8 Å². The summed E-state index contributed by atoms with van der Waals surface area (Å²) in [5.74, 6) is 1.94. The van der Waals surface area contributed by atoms with Crippen molar-refractivity contribution >= 4 is 177 Å². The molecule has 0 bridgehead atoms. The third kappa shape index (κ3) is 4.97. The van der Waals surface area contributed by atoms with E-state index >= 15 is 0 Å². The number of hydrogen-bond acceptors (Lipinski definition) is 5. The van der Waals surface area contributed by atoms with Crippen molar-refractivity contribution < 1.29 is 8.83 Å². The average Bonchev–Trinajstić information content (AvgIpc) is 3.77. The van der Waals surface area contributed by atoms with Gasteiger partial charge >= 0.3 is 0 Å². The fraction of sp³-hybridized carbons (Fsp3) is 0. The lowest BCUT2D eigenvalue weighted by Crippen LogP contribution is -2.55. The Hall–Kier alpha value is -5.42. The first kappa shape index (κ1) is 34.4. The van der Waals surface area contributed by atoms with Crippen LogP contribution in [0, 0.1) is 0 Å². The summed E-state index contributed by atoms with van der Waals surface area (Å²) in [4.78, 5) is 16.0. The maximum absolute atomic E-state index is 6.83. The van der Waals surface area contributed by atoms with E-state index in [9.17, 15) is 0 Å². The SMILES string of the molecule is Bc1c(B)c(B)c(-c2nc(-c3c(B)c(B)c(B)c(B)c3B)nc(-c3cccc4c3oc3cccc(-c5cccc6c5oc5ccccc56)c34)n2)c(B)c1B.